The molecule has 0 bridgehead atoms. The van der Waals surface area contributed by atoms with Gasteiger partial charge in [0.2, 0.25) is 5.91 Å². The SMILES string of the molecule is Cc1ccc(NC(=O)CSc2nnc(COc3ccc(F)cc3)n2C)cc1C. The first-order valence-corrected chi connectivity index (χ1v) is 9.67. The number of nitrogens with one attached hydrogen (secondary N) is 1. The van der Waals surface area contributed by atoms with Gasteiger partial charge in [-0.2, -0.15) is 0 Å². The number of halogens is 1. The van der Waals surface area contributed by atoms with E-state index in [9.17, 15) is 9.18 Å². The van der Waals surface area contributed by atoms with E-state index < -0.39 is 0 Å². The number of thioether (sulfide) groups is 1. The number of amides is 1. The van der Waals surface area contributed by atoms with Crippen LogP contribution in [-0.2, 0) is 18.4 Å². The van der Waals surface area contributed by atoms with Gasteiger partial charge >= 0.3 is 0 Å². The summed E-state index contributed by atoms with van der Waals surface area (Å²) in [5, 5.41) is 11.7. The van der Waals surface area contributed by atoms with E-state index in [1.54, 1.807) is 16.7 Å². The summed E-state index contributed by atoms with van der Waals surface area (Å²) in [4.78, 5) is 12.2. The number of ether oxygens (including phenoxy) is 1. The fourth-order valence-electron chi connectivity index (χ4n) is 2.42. The Labute approximate surface area is 167 Å². The second kappa shape index (κ2) is 8.88. The third-order valence-corrected chi connectivity index (χ3v) is 5.25. The first-order chi connectivity index (χ1) is 13.4. The molecule has 1 amide bonds. The molecule has 6 nitrogen and oxygen atoms in total. The Balaban J connectivity index is 1.52. The fourth-order valence-corrected chi connectivity index (χ4v) is 3.15. The van der Waals surface area contributed by atoms with E-state index in [0.717, 1.165) is 11.3 Å². The van der Waals surface area contributed by atoms with Crippen molar-refractivity contribution >= 4 is 23.4 Å². The molecular formula is C20H21FN4O2S. The minimum absolute atomic E-state index is 0.111. The van der Waals surface area contributed by atoms with E-state index in [4.69, 9.17) is 4.74 Å². The molecule has 3 rings (SSSR count). The van der Waals surface area contributed by atoms with Gasteiger partial charge in [0.05, 0.1) is 5.75 Å². The van der Waals surface area contributed by atoms with Crippen molar-refractivity contribution in [2.75, 3.05) is 11.1 Å². The van der Waals surface area contributed by atoms with Gasteiger partial charge in [-0.3, -0.25) is 4.79 Å². The first kappa shape index (κ1) is 19.9. The van der Waals surface area contributed by atoms with E-state index in [0.29, 0.717) is 16.7 Å². The number of carbonyl (C=O) groups excluding carboxylic acids is 1. The average molecular weight is 400 g/mol. The number of aromatic nitrogens is 3. The number of hydrogen-bond acceptors (Lipinski definition) is 5. The number of nitrogens with zero attached hydrogens (tertiary/aromatic N) is 3. The highest BCUT2D eigenvalue weighted by Crippen LogP contribution is 2.19. The van der Waals surface area contributed by atoms with Crippen molar-refractivity contribution in [2.24, 2.45) is 7.05 Å². The molecule has 1 heterocycles. The normalized spacial score (nSPS) is 10.7. The first-order valence-electron chi connectivity index (χ1n) is 8.69. The zero-order chi connectivity index (χ0) is 20.1. The van der Waals surface area contributed by atoms with Crippen molar-refractivity contribution in [3.05, 3.63) is 65.2 Å². The summed E-state index contributed by atoms with van der Waals surface area (Å²) in [5.41, 5.74) is 3.09. The summed E-state index contributed by atoms with van der Waals surface area (Å²) < 4.78 is 20.3. The van der Waals surface area contributed by atoms with Gasteiger partial charge in [0.1, 0.15) is 18.2 Å². The quantitative estimate of drug-likeness (QED) is 0.610. The van der Waals surface area contributed by atoms with Crippen LogP contribution in [0, 0.1) is 19.7 Å². The van der Waals surface area contributed by atoms with Gasteiger partial charge in [0.15, 0.2) is 11.0 Å². The van der Waals surface area contributed by atoms with Gasteiger partial charge in [-0.25, -0.2) is 4.39 Å². The van der Waals surface area contributed by atoms with Crippen LogP contribution in [0.1, 0.15) is 17.0 Å². The smallest absolute Gasteiger partial charge is 0.234 e. The van der Waals surface area contributed by atoms with Gasteiger partial charge in [-0.15, -0.1) is 10.2 Å². The van der Waals surface area contributed by atoms with Crippen LogP contribution in [0.2, 0.25) is 0 Å². The molecule has 0 radical (unpaired) electrons. The van der Waals surface area contributed by atoms with Crippen LogP contribution in [-0.4, -0.2) is 26.4 Å². The van der Waals surface area contributed by atoms with E-state index in [1.807, 2.05) is 39.1 Å². The molecule has 8 heteroatoms. The van der Waals surface area contributed by atoms with E-state index in [-0.39, 0.29) is 24.1 Å². The Morgan fingerprint density at radius 3 is 2.61 bits per heavy atom. The molecule has 28 heavy (non-hydrogen) atoms. The molecule has 0 aliphatic carbocycles. The van der Waals surface area contributed by atoms with Crippen molar-refractivity contribution in [1.82, 2.24) is 14.8 Å². The maximum Gasteiger partial charge on any atom is 0.234 e. The maximum absolute atomic E-state index is 12.9. The van der Waals surface area contributed by atoms with E-state index >= 15 is 0 Å². The van der Waals surface area contributed by atoms with Crippen molar-refractivity contribution in [3.63, 3.8) is 0 Å². The van der Waals surface area contributed by atoms with Crippen LogP contribution in [0.4, 0.5) is 10.1 Å². The molecule has 146 valence electrons. The molecular weight excluding hydrogens is 379 g/mol. The van der Waals surface area contributed by atoms with Gasteiger partial charge in [-0.05, 0) is 61.4 Å². The zero-order valence-electron chi connectivity index (χ0n) is 15.9. The lowest BCUT2D eigenvalue weighted by Gasteiger charge is -2.08. The molecule has 1 N–H and O–H groups in total. The predicted octanol–water partition coefficient (Wildman–Crippen LogP) is 3.88. The molecule has 0 atom stereocenters. The number of rotatable bonds is 7. The molecule has 0 fully saturated rings. The molecule has 0 aliphatic rings. The third-order valence-electron chi connectivity index (χ3n) is 4.23. The minimum atomic E-state index is -0.316. The number of aryl methyl sites for hydroxylation is 2. The second-order valence-electron chi connectivity index (χ2n) is 6.34. The summed E-state index contributed by atoms with van der Waals surface area (Å²) in [6.45, 7) is 4.24. The zero-order valence-corrected chi connectivity index (χ0v) is 16.7. The predicted molar refractivity (Wildman–Crippen MR) is 107 cm³/mol. The van der Waals surface area contributed by atoms with E-state index in [1.165, 1.54) is 29.5 Å². The third kappa shape index (κ3) is 5.10. The van der Waals surface area contributed by atoms with Crippen molar-refractivity contribution in [2.45, 2.75) is 25.6 Å². The highest BCUT2D eigenvalue weighted by molar-refractivity contribution is 7.99. The standard InChI is InChI=1S/C20H21FN4O2S/c1-13-4-7-16(10-14(13)2)22-19(26)12-28-20-24-23-18(25(20)3)11-27-17-8-5-15(21)6-9-17/h4-10H,11-12H2,1-3H3,(H,22,26). The second-order valence-corrected chi connectivity index (χ2v) is 7.28. The Hall–Kier alpha value is -2.87. The molecule has 1 aromatic heterocycles. The Kier molecular flexibility index (Phi) is 6.30. The van der Waals surface area contributed by atoms with Gasteiger partial charge in [0, 0.05) is 12.7 Å². The Bertz CT molecular complexity index is 973. The molecule has 0 aliphatic heterocycles. The average Bonchev–Trinajstić information content (AvgIpc) is 3.02. The topological polar surface area (TPSA) is 69.0 Å². The lowest BCUT2D eigenvalue weighted by Crippen LogP contribution is -2.14. The lowest BCUT2D eigenvalue weighted by molar-refractivity contribution is -0.113. The van der Waals surface area contributed by atoms with Crippen LogP contribution in [0.5, 0.6) is 5.75 Å². The van der Waals surface area contributed by atoms with Crippen LogP contribution in [0.3, 0.4) is 0 Å². The molecule has 0 saturated carbocycles. The van der Waals surface area contributed by atoms with Crippen LogP contribution in [0.25, 0.3) is 0 Å². The molecule has 2 aromatic carbocycles. The van der Waals surface area contributed by atoms with Crippen molar-refractivity contribution < 1.29 is 13.9 Å². The highest BCUT2D eigenvalue weighted by atomic mass is 32.2. The van der Waals surface area contributed by atoms with Crippen LogP contribution < -0.4 is 10.1 Å². The largest absolute Gasteiger partial charge is 0.486 e. The van der Waals surface area contributed by atoms with Gasteiger partial charge in [0.25, 0.3) is 0 Å². The summed E-state index contributed by atoms with van der Waals surface area (Å²) >= 11 is 1.30. The molecule has 0 spiro atoms. The van der Waals surface area contributed by atoms with Crippen LogP contribution in [0.15, 0.2) is 47.6 Å². The Morgan fingerprint density at radius 1 is 1.14 bits per heavy atom. The maximum atomic E-state index is 12.9. The summed E-state index contributed by atoms with van der Waals surface area (Å²) in [7, 11) is 1.81. The fraction of sp³-hybridized carbons (Fsp3) is 0.250. The summed E-state index contributed by atoms with van der Waals surface area (Å²) in [6.07, 6.45) is 0. The van der Waals surface area contributed by atoms with E-state index in [2.05, 4.69) is 15.5 Å². The van der Waals surface area contributed by atoms with Crippen molar-refractivity contribution in [3.8, 4) is 5.75 Å². The minimum Gasteiger partial charge on any atom is -0.486 e. The summed E-state index contributed by atoms with van der Waals surface area (Å²) in [5.74, 6) is 0.953. The van der Waals surface area contributed by atoms with Gasteiger partial charge in [-0.1, -0.05) is 17.8 Å². The number of benzene rings is 2. The Morgan fingerprint density at radius 2 is 1.89 bits per heavy atom. The monoisotopic (exact) mass is 400 g/mol. The number of anilines is 1. The molecule has 0 unspecified atom stereocenters. The highest BCUT2D eigenvalue weighted by Gasteiger charge is 2.12. The summed E-state index contributed by atoms with van der Waals surface area (Å²) in [6, 6.07) is 11.6. The molecule has 0 saturated heterocycles. The lowest BCUT2D eigenvalue weighted by atomic mass is 10.1. The van der Waals surface area contributed by atoms with Crippen molar-refractivity contribution in [1.29, 1.82) is 0 Å². The molecule has 3 aromatic rings. The number of carbonyl (C=O) groups is 1. The number of hydrogen-bond donors (Lipinski definition) is 1. The van der Waals surface area contributed by atoms with Crippen LogP contribution >= 0.6 is 11.8 Å². The van der Waals surface area contributed by atoms with Gasteiger partial charge < -0.3 is 14.6 Å².